The van der Waals surface area contributed by atoms with Crippen molar-refractivity contribution in [1.82, 2.24) is 9.88 Å². The molecule has 0 saturated carbocycles. The number of hydrogen-bond acceptors (Lipinski definition) is 4. The average Bonchev–Trinajstić information content (AvgIpc) is 2.53. The van der Waals surface area contributed by atoms with Crippen molar-refractivity contribution >= 4 is 22.6 Å². The molecule has 0 amide bonds. The Hall–Kier alpha value is -2.14. The van der Waals surface area contributed by atoms with Crippen molar-refractivity contribution in [2.45, 2.75) is 19.8 Å². The molecule has 122 valence electrons. The van der Waals surface area contributed by atoms with Gasteiger partial charge in [0.1, 0.15) is 0 Å². The zero-order valence-corrected chi connectivity index (χ0v) is 13.7. The van der Waals surface area contributed by atoms with Crippen LogP contribution >= 0.6 is 0 Å². The van der Waals surface area contributed by atoms with E-state index in [-0.39, 0.29) is 6.42 Å². The fourth-order valence-corrected chi connectivity index (χ4v) is 3.28. The number of rotatable bonds is 4. The predicted molar refractivity (Wildman–Crippen MR) is 92.1 cm³/mol. The van der Waals surface area contributed by atoms with Crippen LogP contribution in [-0.2, 0) is 11.2 Å². The van der Waals surface area contributed by atoms with Gasteiger partial charge in [-0.2, -0.15) is 0 Å². The van der Waals surface area contributed by atoms with E-state index in [4.69, 9.17) is 10.1 Å². The van der Waals surface area contributed by atoms with Gasteiger partial charge in [-0.1, -0.05) is 18.2 Å². The van der Waals surface area contributed by atoms with Crippen molar-refractivity contribution in [3.63, 3.8) is 0 Å². The number of carbonyl (C=O) groups is 1. The van der Waals surface area contributed by atoms with Crippen LogP contribution < -0.4 is 4.90 Å². The number of pyridine rings is 1. The maximum atomic E-state index is 11.0. The first-order valence-corrected chi connectivity index (χ1v) is 8.10. The van der Waals surface area contributed by atoms with Crippen LogP contribution in [0.5, 0.6) is 0 Å². The summed E-state index contributed by atoms with van der Waals surface area (Å²) in [5, 5.41) is 10.2. The molecule has 23 heavy (non-hydrogen) atoms. The minimum Gasteiger partial charge on any atom is -0.481 e. The molecule has 0 radical (unpaired) electrons. The summed E-state index contributed by atoms with van der Waals surface area (Å²) < 4.78 is 0. The summed E-state index contributed by atoms with van der Waals surface area (Å²) in [4.78, 5) is 20.5. The highest BCUT2D eigenvalue weighted by atomic mass is 16.4. The number of nitrogens with zero attached hydrogens (tertiary/aromatic N) is 3. The van der Waals surface area contributed by atoms with Crippen molar-refractivity contribution in [1.29, 1.82) is 0 Å². The van der Waals surface area contributed by atoms with Gasteiger partial charge in [-0.05, 0) is 32.0 Å². The van der Waals surface area contributed by atoms with E-state index >= 15 is 0 Å². The van der Waals surface area contributed by atoms with E-state index < -0.39 is 5.97 Å². The summed E-state index contributed by atoms with van der Waals surface area (Å²) in [7, 11) is 2.14. The van der Waals surface area contributed by atoms with Crippen molar-refractivity contribution in [2.24, 2.45) is 0 Å². The van der Waals surface area contributed by atoms with E-state index in [0.29, 0.717) is 6.42 Å². The number of para-hydroxylation sites is 1. The number of fused-ring (bicyclic) bond motifs is 1. The molecule has 2 heterocycles. The van der Waals surface area contributed by atoms with Crippen molar-refractivity contribution < 1.29 is 9.90 Å². The Labute approximate surface area is 136 Å². The summed E-state index contributed by atoms with van der Waals surface area (Å²) in [5.74, 6) is -0.762. The molecule has 1 saturated heterocycles. The highest BCUT2D eigenvalue weighted by molar-refractivity contribution is 5.94. The second-order valence-electron chi connectivity index (χ2n) is 6.23. The van der Waals surface area contributed by atoms with Gasteiger partial charge in [0.25, 0.3) is 0 Å². The number of aliphatic carboxylic acids is 1. The van der Waals surface area contributed by atoms with Crippen LogP contribution in [0.4, 0.5) is 5.69 Å². The van der Waals surface area contributed by atoms with Crippen LogP contribution in [0.3, 0.4) is 0 Å². The first-order chi connectivity index (χ1) is 11.1. The summed E-state index contributed by atoms with van der Waals surface area (Å²) in [6.07, 6.45) is 0.669. The summed E-state index contributed by atoms with van der Waals surface area (Å²) in [5.41, 5.74) is 4.19. The molecule has 5 heteroatoms. The molecule has 1 aliphatic rings. The van der Waals surface area contributed by atoms with E-state index in [1.165, 1.54) is 5.69 Å². The predicted octanol–water partition coefficient (Wildman–Crippen LogP) is 2.31. The van der Waals surface area contributed by atoms with E-state index in [0.717, 1.165) is 48.3 Å². The van der Waals surface area contributed by atoms with E-state index in [9.17, 15) is 4.79 Å². The lowest BCUT2D eigenvalue weighted by molar-refractivity contribution is -0.136. The number of aromatic nitrogens is 1. The third-order valence-corrected chi connectivity index (χ3v) is 4.58. The molecule has 1 fully saturated rings. The Balaban J connectivity index is 2.09. The smallest absolute Gasteiger partial charge is 0.303 e. The molecule has 0 atom stereocenters. The third kappa shape index (κ3) is 3.29. The second-order valence-corrected chi connectivity index (χ2v) is 6.23. The number of benzene rings is 1. The second kappa shape index (κ2) is 6.54. The molecule has 0 bridgehead atoms. The molecule has 3 rings (SSSR count). The Morgan fingerprint density at radius 1 is 1.22 bits per heavy atom. The highest BCUT2D eigenvalue weighted by Crippen LogP contribution is 2.33. The molecule has 2 aromatic rings. The molecular formula is C18H23N3O2. The maximum absolute atomic E-state index is 11.0. The van der Waals surface area contributed by atoms with E-state index in [1.807, 2.05) is 25.1 Å². The number of carboxylic acids is 1. The normalized spacial score (nSPS) is 16.0. The lowest BCUT2D eigenvalue weighted by Crippen LogP contribution is -2.45. The molecule has 1 aromatic heterocycles. The van der Waals surface area contributed by atoms with Gasteiger partial charge in [-0.15, -0.1) is 0 Å². The summed E-state index contributed by atoms with van der Waals surface area (Å²) in [6, 6.07) is 8.15. The first kappa shape index (κ1) is 15.7. The maximum Gasteiger partial charge on any atom is 0.303 e. The number of likely N-dealkylation sites (N-methyl/N-ethyl adjacent to an activating group) is 1. The summed E-state index contributed by atoms with van der Waals surface area (Å²) >= 11 is 0. The number of piperazine rings is 1. The average molecular weight is 313 g/mol. The van der Waals surface area contributed by atoms with Crippen LogP contribution in [0.2, 0.25) is 0 Å². The highest BCUT2D eigenvalue weighted by Gasteiger charge is 2.21. The Morgan fingerprint density at radius 2 is 1.91 bits per heavy atom. The number of carboxylic acid groups (broad SMARTS) is 1. The molecule has 1 aromatic carbocycles. The van der Waals surface area contributed by atoms with Gasteiger partial charge >= 0.3 is 5.97 Å². The Morgan fingerprint density at radius 3 is 2.61 bits per heavy atom. The van der Waals surface area contributed by atoms with E-state index in [2.05, 4.69) is 22.9 Å². The van der Waals surface area contributed by atoms with Gasteiger partial charge in [0.05, 0.1) is 11.2 Å². The largest absolute Gasteiger partial charge is 0.481 e. The molecule has 1 N–H and O–H groups in total. The minimum atomic E-state index is -0.762. The summed E-state index contributed by atoms with van der Waals surface area (Å²) in [6.45, 7) is 5.96. The molecule has 5 nitrogen and oxygen atoms in total. The first-order valence-electron chi connectivity index (χ1n) is 8.10. The zero-order chi connectivity index (χ0) is 16.4. The van der Waals surface area contributed by atoms with Crippen LogP contribution in [-0.4, -0.2) is 54.2 Å². The number of hydrogen-bond donors (Lipinski definition) is 1. The van der Waals surface area contributed by atoms with Gasteiger partial charge in [0, 0.05) is 43.7 Å². The molecule has 0 spiro atoms. The monoisotopic (exact) mass is 313 g/mol. The van der Waals surface area contributed by atoms with Crippen LogP contribution in [0, 0.1) is 6.92 Å². The number of aryl methyl sites for hydroxylation is 1. The van der Waals surface area contributed by atoms with Gasteiger partial charge in [-0.25, -0.2) is 0 Å². The van der Waals surface area contributed by atoms with Gasteiger partial charge in [0.2, 0.25) is 0 Å². The fourth-order valence-electron chi connectivity index (χ4n) is 3.28. The fraction of sp³-hybridized carbons (Fsp3) is 0.444. The lowest BCUT2D eigenvalue weighted by Gasteiger charge is -2.36. The molecular weight excluding hydrogens is 290 g/mol. The van der Waals surface area contributed by atoms with Crippen molar-refractivity contribution in [3.8, 4) is 0 Å². The minimum absolute atomic E-state index is 0.140. The topological polar surface area (TPSA) is 56.7 Å². The van der Waals surface area contributed by atoms with Crippen LogP contribution in [0.15, 0.2) is 24.3 Å². The van der Waals surface area contributed by atoms with Gasteiger partial charge in [-0.3, -0.25) is 9.78 Å². The lowest BCUT2D eigenvalue weighted by atomic mass is 10.00. The Kier molecular flexibility index (Phi) is 4.48. The van der Waals surface area contributed by atoms with E-state index in [1.54, 1.807) is 0 Å². The van der Waals surface area contributed by atoms with Gasteiger partial charge < -0.3 is 14.9 Å². The van der Waals surface area contributed by atoms with Crippen molar-refractivity contribution in [2.75, 3.05) is 38.1 Å². The Bertz CT molecular complexity index is 722. The molecule has 0 unspecified atom stereocenters. The third-order valence-electron chi connectivity index (χ3n) is 4.58. The van der Waals surface area contributed by atoms with Gasteiger partial charge in [0.15, 0.2) is 0 Å². The zero-order valence-electron chi connectivity index (χ0n) is 13.7. The van der Waals surface area contributed by atoms with Crippen molar-refractivity contribution in [3.05, 3.63) is 35.5 Å². The quantitative estimate of drug-likeness (QED) is 0.939. The standard InChI is InChI=1S/C18H23N3O2/c1-13-14(7-8-17(22)23)18(21-11-9-20(2)10-12-21)15-5-3-4-6-16(15)19-13/h3-6H,7-12H2,1-2H3,(H,22,23). The SMILES string of the molecule is Cc1nc2ccccc2c(N2CCN(C)CC2)c1CCC(=O)O. The number of anilines is 1. The molecule has 0 aliphatic carbocycles. The molecule has 1 aliphatic heterocycles. The van der Waals surface area contributed by atoms with Crippen LogP contribution in [0.25, 0.3) is 10.9 Å². The van der Waals surface area contributed by atoms with Crippen LogP contribution in [0.1, 0.15) is 17.7 Å².